The van der Waals surface area contributed by atoms with Gasteiger partial charge in [0.25, 0.3) is 0 Å². The fourth-order valence-electron chi connectivity index (χ4n) is 3.41. The van der Waals surface area contributed by atoms with E-state index in [1.807, 2.05) is 18.2 Å². The molecule has 1 aliphatic heterocycles. The van der Waals surface area contributed by atoms with Crippen LogP contribution < -0.4 is 11.1 Å². The van der Waals surface area contributed by atoms with Crippen molar-refractivity contribution >= 4 is 34.8 Å². The van der Waals surface area contributed by atoms with Gasteiger partial charge in [0.15, 0.2) is 0 Å². The van der Waals surface area contributed by atoms with Crippen LogP contribution in [-0.2, 0) is 4.79 Å². The van der Waals surface area contributed by atoms with E-state index in [-0.39, 0.29) is 5.91 Å². The number of likely N-dealkylation sites (tertiary alicyclic amines) is 1. The standard InChI is InChI=1S/C19H21Cl2N3O/c20-16-7-4-8-17(21)19(16)23-18(25)12-24-10-14(9-22)15(11-24)13-5-2-1-3-6-13/h1-8,14-15H,9-12,22H2,(H,23,25)/t14-,15+/m1/s1. The average molecular weight is 378 g/mol. The van der Waals surface area contributed by atoms with Crippen molar-refractivity contribution < 1.29 is 4.79 Å². The van der Waals surface area contributed by atoms with Gasteiger partial charge in [-0.3, -0.25) is 9.69 Å². The summed E-state index contributed by atoms with van der Waals surface area (Å²) in [5, 5.41) is 3.69. The highest BCUT2D eigenvalue weighted by Gasteiger charge is 2.33. The summed E-state index contributed by atoms with van der Waals surface area (Å²) in [5.41, 5.74) is 7.69. The number of benzene rings is 2. The summed E-state index contributed by atoms with van der Waals surface area (Å²) in [5.74, 6) is 0.571. The number of nitrogens with zero attached hydrogens (tertiary/aromatic N) is 1. The monoisotopic (exact) mass is 377 g/mol. The second-order valence-electron chi connectivity index (χ2n) is 6.35. The summed E-state index contributed by atoms with van der Waals surface area (Å²) < 4.78 is 0. The Kier molecular flexibility index (Phi) is 5.97. The predicted molar refractivity (Wildman–Crippen MR) is 103 cm³/mol. The molecule has 1 fully saturated rings. The van der Waals surface area contributed by atoms with Crippen molar-refractivity contribution in [1.82, 2.24) is 4.90 Å². The van der Waals surface area contributed by atoms with Gasteiger partial charge in [-0.15, -0.1) is 0 Å². The van der Waals surface area contributed by atoms with Crippen molar-refractivity contribution in [3.8, 4) is 0 Å². The van der Waals surface area contributed by atoms with Gasteiger partial charge in [-0.25, -0.2) is 0 Å². The SMILES string of the molecule is NC[C@@H]1CN(CC(=O)Nc2c(Cl)cccc2Cl)C[C@H]1c1ccccc1. The molecule has 0 aromatic heterocycles. The smallest absolute Gasteiger partial charge is 0.238 e. The molecule has 0 unspecified atom stereocenters. The summed E-state index contributed by atoms with van der Waals surface area (Å²) in [6, 6.07) is 15.5. The summed E-state index contributed by atoms with van der Waals surface area (Å²) in [6.07, 6.45) is 0. The van der Waals surface area contributed by atoms with Crippen molar-refractivity contribution in [2.24, 2.45) is 11.7 Å². The topological polar surface area (TPSA) is 58.4 Å². The van der Waals surface area contributed by atoms with Crippen LogP contribution in [0.15, 0.2) is 48.5 Å². The average Bonchev–Trinajstić information content (AvgIpc) is 3.02. The number of halogens is 2. The molecule has 0 aliphatic carbocycles. The zero-order valence-electron chi connectivity index (χ0n) is 13.8. The van der Waals surface area contributed by atoms with Gasteiger partial charge >= 0.3 is 0 Å². The third-order valence-corrected chi connectivity index (χ3v) is 5.27. The molecular formula is C19H21Cl2N3O. The Morgan fingerprint density at radius 2 is 1.76 bits per heavy atom. The lowest BCUT2D eigenvalue weighted by atomic mass is 9.89. The van der Waals surface area contributed by atoms with Crippen molar-refractivity contribution in [3.63, 3.8) is 0 Å². The van der Waals surface area contributed by atoms with E-state index in [9.17, 15) is 4.79 Å². The highest BCUT2D eigenvalue weighted by Crippen LogP contribution is 2.32. The number of para-hydroxylation sites is 1. The molecule has 0 bridgehead atoms. The maximum Gasteiger partial charge on any atom is 0.238 e. The molecule has 1 saturated heterocycles. The van der Waals surface area contributed by atoms with E-state index >= 15 is 0 Å². The zero-order chi connectivity index (χ0) is 17.8. The number of nitrogens with two attached hydrogens (primary N) is 1. The van der Waals surface area contributed by atoms with Gasteiger partial charge in [0.05, 0.1) is 22.3 Å². The molecule has 1 amide bonds. The first kappa shape index (κ1) is 18.2. The molecule has 4 nitrogen and oxygen atoms in total. The second kappa shape index (κ2) is 8.19. The second-order valence-corrected chi connectivity index (χ2v) is 7.17. The lowest BCUT2D eigenvalue weighted by Gasteiger charge is -2.17. The van der Waals surface area contributed by atoms with Gasteiger partial charge < -0.3 is 11.1 Å². The number of carbonyl (C=O) groups is 1. The summed E-state index contributed by atoms with van der Waals surface area (Å²) in [6.45, 7) is 2.52. The largest absolute Gasteiger partial charge is 0.330 e. The zero-order valence-corrected chi connectivity index (χ0v) is 15.3. The van der Waals surface area contributed by atoms with E-state index < -0.39 is 0 Å². The first-order valence-electron chi connectivity index (χ1n) is 8.29. The van der Waals surface area contributed by atoms with Crippen LogP contribution >= 0.6 is 23.2 Å². The molecular weight excluding hydrogens is 357 g/mol. The Balaban J connectivity index is 1.64. The van der Waals surface area contributed by atoms with Crippen LogP contribution in [-0.4, -0.2) is 37.0 Å². The van der Waals surface area contributed by atoms with E-state index in [4.69, 9.17) is 28.9 Å². The molecule has 3 rings (SSSR count). The molecule has 1 aliphatic rings. The Labute approximate surface area is 157 Å². The molecule has 2 aromatic carbocycles. The molecule has 132 valence electrons. The van der Waals surface area contributed by atoms with E-state index in [0.29, 0.717) is 40.7 Å². The van der Waals surface area contributed by atoms with Crippen LogP contribution in [0.5, 0.6) is 0 Å². The fourth-order valence-corrected chi connectivity index (χ4v) is 3.90. The van der Waals surface area contributed by atoms with Gasteiger partial charge in [-0.2, -0.15) is 0 Å². The summed E-state index contributed by atoms with van der Waals surface area (Å²) in [7, 11) is 0. The number of hydrogen-bond donors (Lipinski definition) is 2. The number of rotatable bonds is 5. The number of amides is 1. The first-order chi connectivity index (χ1) is 12.1. The van der Waals surface area contributed by atoms with Crippen LogP contribution in [0.3, 0.4) is 0 Å². The van der Waals surface area contributed by atoms with Crippen LogP contribution in [0, 0.1) is 5.92 Å². The van der Waals surface area contributed by atoms with E-state index in [1.165, 1.54) is 5.56 Å². The minimum atomic E-state index is -0.125. The molecule has 6 heteroatoms. The number of anilines is 1. The molecule has 2 atom stereocenters. The van der Waals surface area contributed by atoms with Gasteiger partial charge in [0, 0.05) is 19.0 Å². The number of carbonyl (C=O) groups excluding carboxylic acids is 1. The molecule has 3 N–H and O–H groups in total. The third kappa shape index (κ3) is 4.33. The summed E-state index contributed by atoms with van der Waals surface area (Å²) in [4.78, 5) is 14.5. The van der Waals surface area contributed by atoms with Crippen LogP contribution in [0.4, 0.5) is 5.69 Å². The van der Waals surface area contributed by atoms with Crippen LogP contribution in [0.25, 0.3) is 0 Å². The summed E-state index contributed by atoms with van der Waals surface area (Å²) >= 11 is 12.2. The highest BCUT2D eigenvalue weighted by atomic mass is 35.5. The van der Waals surface area contributed by atoms with E-state index in [2.05, 4.69) is 22.3 Å². The molecule has 1 heterocycles. The first-order valence-corrected chi connectivity index (χ1v) is 9.05. The maximum atomic E-state index is 12.4. The molecule has 0 saturated carbocycles. The van der Waals surface area contributed by atoms with Crippen LogP contribution in [0.1, 0.15) is 11.5 Å². The minimum absolute atomic E-state index is 0.125. The Morgan fingerprint density at radius 3 is 2.40 bits per heavy atom. The maximum absolute atomic E-state index is 12.4. The van der Waals surface area contributed by atoms with E-state index in [0.717, 1.165) is 13.1 Å². The van der Waals surface area contributed by atoms with Crippen molar-refractivity contribution in [3.05, 3.63) is 64.1 Å². The minimum Gasteiger partial charge on any atom is -0.330 e. The molecule has 0 spiro atoms. The quantitative estimate of drug-likeness (QED) is 0.836. The Morgan fingerprint density at radius 1 is 1.08 bits per heavy atom. The third-order valence-electron chi connectivity index (χ3n) is 4.64. The van der Waals surface area contributed by atoms with E-state index in [1.54, 1.807) is 18.2 Å². The molecule has 2 aromatic rings. The molecule has 25 heavy (non-hydrogen) atoms. The fraction of sp³-hybridized carbons (Fsp3) is 0.316. The van der Waals surface area contributed by atoms with Gasteiger partial charge in [0.1, 0.15) is 0 Å². The normalized spacial score (nSPS) is 20.6. The van der Waals surface area contributed by atoms with Crippen molar-refractivity contribution in [2.75, 3.05) is 31.5 Å². The lowest BCUT2D eigenvalue weighted by Crippen LogP contribution is -2.32. The van der Waals surface area contributed by atoms with Gasteiger partial charge in [-0.1, -0.05) is 59.6 Å². The van der Waals surface area contributed by atoms with Gasteiger partial charge in [-0.05, 0) is 30.2 Å². The number of hydrogen-bond acceptors (Lipinski definition) is 3. The molecule has 0 radical (unpaired) electrons. The lowest BCUT2D eigenvalue weighted by molar-refractivity contribution is -0.117. The van der Waals surface area contributed by atoms with Crippen molar-refractivity contribution in [1.29, 1.82) is 0 Å². The predicted octanol–water partition coefficient (Wildman–Crippen LogP) is 3.61. The number of nitrogens with one attached hydrogen (secondary N) is 1. The highest BCUT2D eigenvalue weighted by molar-refractivity contribution is 6.39. The van der Waals surface area contributed by atoms with Gasteiger partial charge in [0.2, 0.25) is 5.91 Å². The Bertz CT molecular complexity index is 718. The van der Waals surface area contributed by atoms with Crippen LogP contribution in [0.2, 0.25) is 10.0 Å². The van der Waals surface area contributed by atoms with Crippen molar-refractivity contribution in [2.45, 2.75) is 5.92 Å². The Hall–Kier alpha value is -1.59.